The van der Waals surface area contributed by atoms with E-state index in [0.29, 0.717) is 11.5 Å². The number of piperidine rings is 1. The molecule has 1 aliphatic heterocycles. The van der Waals surface area contributed by atoms with Crippen molar-refractivity contribution in [3.63, 3.8) is 0 Å². The first kappa shape index (κ1) is 14.3. The number of rotatable bonds is 2. The average Bonchev–Trinajstić information content (AvgIpc) is 2.33. The third-order valence-electron chi connectivity index (χ3n) is 3.69. The summed E-state index contributed by atoms with van der Waals surface area (Å²) in [5, 5.41) is 6.46. The summed E-state index contributed by atoms with van der Waals surface area (Å²) in [5.74, 6) is -0.292. The van der Waals surface area contributed by atoms with Gasteiger partial charge in [0.2, 0.25) is 0 Å². The number of hydrogen-bond acceptors (Lipinski definition) is 2. The molecule has 3 unspecified atom stereocenters. The lowest BCUT2D eigenvalue weighted by Crippen LogP contribution is -2.55. The van der Waals surface area contributed by atoms with Crippen LogP contribution < -0.4 is 10.6 Å². The molecule has 1 amide bonds. The predicted octanol–water partition coefficient (Wildman–Crippen LogP) is 2.60. The lowest BCUT2D eigenvalue weighted by molar-refractivity contribution is 0.0897. The Morgan fingerprint density at radius 3 is 2.84 bits per heavy atom. The fourth-order valence-electron chi connectivity index (χ4n) is 2.51. The molecule has 2 rings (SSSR count). The number of benzene rings is 1. The van der Waals surface area contributed by atoms with E-state index in [9.17, 15) is 9.18 Å². The molecule has 0 aliphatic carbocycles. The largest absolute Gasteiger partial charge is 0.347 e. The SMILES string of the molecule is CC1CCNC(C)C1NC(=O)c1ccc(F)cc1Cl. The van der Waals surface area contributed by atoms with Crippen molar-refractivity contribution >= 4 is 17.5 Å². The molecule has 1 aliphatic rings. The number of amides is 1. The van der Waals surface area contributed by atoms with Crippen LogP contribution in [0.2, 0.25) is 5.02 Å². The smallest absolute Gasteiger partial charge is 0.253 e. The Kier molecular flexibility index (Phi) is 4.42. The first-order valence-corrected chi connectivity index (χ1v) is 6.86. The van der Waals surface area contributed by atoms with Gasteiger partial charge in [-0.1, -0.05) is 18.5 Å². The van der Waals surface area contributed by atoms with Crippen LogP contribution >= 0.6 is 11.6 Å². The Bertz CT molecular complexity index is 471. The van der Waals surface area contributed by atoms with Gasteiger partial charge < -0.3 is 10.6 Å². The normalized spacial score (nSPS) is 27.1. The van der Waals surface area contributed by atoms with Crippen molar-refractivity contribution in [3.05, 3.63) is 34.6 Å². The topological polar surface area (TPSA) is 41.1 Å². The lowest BCUT2D eigenvalue weighted by Gasteiger charge is -2.36. The Balaban J connectivity index is 2.11. The second-order valence-electron chi connectivity index (χ2n) is 5.13. The van der Waals surface area contributed by atoms with Gasteiger partial charge in [-0.2, -0.15) is 0 Å². The van der Waals surface area contributed by atoms with Crippen LogP contribution in [0.4, 0.5) is 4.39 Å². The molecule has 104 valence electrons. The third-order valence-corrected chi connectivity index (χ3v) is 4.00. The van der Waals surface area contributed by atoms with Crippen LogP contribution in [0.15, 0.2) is 18.2 Å². The first-order chi connectivity index (χ1) is 8.99. The Morgan fingerprint density at radius 1 is 1.47 bits per heavy atom. The predicted molar refractivity (Wildman–Crippen MR) is 73.9 cm³/mol. The van der Waals surface area contributed by atoms with Crippen molar-refractivity contribution in [3.8, 4) is 0 Å². The fraction of sp³-hybridized carbons (Fsp3) is 0.500. The molecule has 2 N–H and O–H groups in total. The fourth-order valence-corrected chi connectivity index (χ4v) is 2.76. The van der Waals surface area contributed by atoms with Crippen LogP contribution in [-0.2, 0) is 0 Å². The molecule has 19 heavy (non-hydrogen) atoms. The van der Waals surface area contributed by atoms with Crippen molar-refractivity contribution in [1.82, 2.24) is 10.6 Å². The maximum absolute atomic E-state index is 13.0. The van der Waals surface area contributed by atoms with E-state index in [1.807, 2.05) is 6.92 Å². The highest BCUT2D eigenvalue weighted by atomic mass is 35.5. The molecule has 0 spiro atoms. The highest BCUT2D eigenvalue weighted by Crippen LogP contribution is 2.20. The maximum Gasteiger partial charge on any atom is 0.253 e. The number of carbonyl (C=O) groups is 1. The molecule has 5 heteroatoms. The van der Waals surface area contributed by atoms with Gasteiger partial charge in [-0.15, -0.1) is 0 Å². The van der Waals surface area contributed by atoms with Crippen molar-refractivity contribution in [2.45, 2.75) is 32.4 Å². The van der Waals surface area contributed by atoms with Gasteiger partial charge in [0.25, 0.3) is 5.91 Å². The average molecular weight is 285 g/mol. The highest BCUT2D eigenvalue weighted by Gasteiger charge is 2.29. The Hall–Kier alpha value is -1.13. The molecule has 0 radical (unpaired) electrons. The molecule has 1 heterocycles. The zero-order valence-electron chi connectivity index (χ0n) is 11.0. The summed E-state index contributed by atoms with van der Waals surface area (Å²) in [4.78, 5) is 12.2. The molecule has 3 nitrogen and oxygen atoms in total. The van der Waals surface area contributed by atoms with Gasteiger partial charge in [0.15, 0.2) is 0 Å². The summed E-state index contributed by atoms with van der Waals surface area (Å²) in [6.07, 6.45) is 1.02. The zero-order chi connectivity index (χ0) is 14.0. The quantitative estimate of drug-likeness (QED) is 0.876. The van der Waals surface area contributed by atoms with E-state index in [0.717, 1.165) is 19.0 Å². The summed E-state index contributed by atoms with van der Waals surface area (Å²) >= 11 is 5.90. The van der Waals surface area contributed by atoms with E-state index < -0.39 is 5.82 Å². The van der Waals surface area contributed by atoms with Crippen LogP contribution in [0.3, 0.4) is 0 Å². The summed E-state index contributed by atoms with van der Waals surface area (Å²) in [7, 11) is 0. The molecule has 0 aromatic heterocycles. The maximum atomic E-state index is 13.0. The van der Waals surface area contributed by atoms with Crippen molar-refractivity contribution in [2.75, 3.05) is 6.54 Å². The zero-order valence-corrected chi connectivity index (χ0v) is 11.8. The van der Waals surface area contributed by atoms with E-state index in [1.165, 1.54) is 12.1 Å². The molecular weight excluding hydrogens is 267 g/mol. The molecule has 1 aromatic rings. The summed E-state index contributed by atoms with van der Waals surface area (Å²) in [6, 6.07) is 4.09. The number of halogens is 2. The minimum Gasteiger partial charge on any atom is -0.347 e. The van der Waals surface area contributed by atoms with Gasteiger partial charge in [-0.05, 0) is 44.0 Å². The third kappa shape index (κ3) is 3.25. The van der Waals surface area contributed by atoms with Crippen LogP contribution in [0, 0.1) is 11.7 Å². The van der Waals surface area contributed by atoms with E-state index in [2.05, 4.69) is 17.6 Å². The first-order valence-electron chi connectivity index (χ1n) is 6.48. The molecule has 0 bridgehead atoms. The standard InChI is InChI=1S/C14H18ClFN2O/c1-8-5-6-17-9(2)13(8)18-14(19)11-4-3-10(16)7-12(11)15/h3-4,7-9,13,17H,5-6H2,1-2H3,(H,18,19). The Labute approximate surface area is 117 Å². The Morgan fingerprint density at radius 2 is 2.21 bits per heavy atom. The van der Waals surface area contributed by atoms with Gasteiger partial charge in [0.05, 0.1) is 10.6 Å². The minimum atomic E-state index is -0.442. The minimum absolute atomic E-state index is 0.0577. The van der Waals surface area contributed by atoms with Crippen LogP contribution in [0.5, 0.6) is 0 Å². The molecule has 3 atom stereocenters. The van der Waals surface area contributed by atoms with Gasteiger partial charge in [0.1, 0.15) is 5.82 Å². The van der Waals surface area contributed by atoms with Gasteiger partial charge in [-0.25, -0.2) is 4.39 Å². The van der Waals surface area contributed by atoms with Crippen molar-refractivity contribution < 1.29 is 9.18 Å². The monoisotopic (exact) mass is 284 g/mol. The summed E-state index contributed by atoms with van der Waals surface area (Å²) in [5.41, 5.74) is 0.313. The number of hydrogen-bond donors (Lipinski definition) is 2. The molecule has 1 fully saturated rings. The van der Waals surface area contributed by atoms with Crippen LogP contribution in [0.1, 0.15) is 30.6 Å². The van der Waals surface area contributed by atoms with Crippen LogP contribution in [-0.4, -0.2) is 24.5 Å². The van der Waals surface area contributed by atoms with E-state index in [4.69, 9.17) is 11.6 Å². The molecular formula is C14H18ClFN2O. The van der Waals surface area contributed by atoms with Gasteiger partial charge in [-0.3, -0.25) is 4.79 Å². The van der Waals surface area contributed by atoms with E-state index in [1.54, 1.807) is 0 Å². The molecule has 0 saturated carbocycles. The van der Waals surface area contributed by atoms with Crippen molar-refractivity contribution in [2.24, 2.45) is 5.92 Å². The summed E-state index contributed by atoms with van der Waals surface area (Å²) < 4.78 is 13.0. The van der Waals surface area contributed by atoms with Gasteiger partial charge >= 0.3 is 0 Å². The van der Waals surface area contributed by atoms with Crippen LogP contribution in [0.25, 0.3) is 0 Å². The second kappa shape index (κ2) is 5.88. The lowest BCUT2D eigenvalue weighted by atomic mass is 9.89. The summed E-state index contributed by atoms with van der Waals surface area (Å²) in [6.45, 7) is 5.13. The molecule has 1 saturated heterocycles. The molecule has 1 aromatic carbocycles. The van der Waals surface area contributed by atoms with E-state index in [-0.39, 0.29) is 23.0 Å². The van der Waals surface area contributed by atoms with Crippen molar-refractivity contribution in [1.29, 1.82) is 0 Å². The second-order valence-corrected chi connectivity index (χ2v) is 5.54. The highest BCUT2D eigenvalue weighted by molar-refractivity contribution is 6.33. The number of carbonyl (C=O) groups excluding carboxylic acids is 1. The van der Waals surface area contributed by atoms with Gasteiger partial charge in [0, 0.05) is 12.1 Å². The van der Waals surface area contributed by atoms with E-state index >= 15 is 0 Å². The number of nitrogens with one attached hydrogen (secondary N) is 2.